The summed E-state index contributed by atoms with van der Waals surface area (Å²) in [5.41, 5.74) is 0.178. The number of carboxylic acids is 1. The molecule has 0 spiro atoms. The van der Waals surface area contributed by atoms with E-state index in [1.54, 1.807) is 0 Å². The number of aromatic carboxylic acids is 1. The highest BCUT2D eigenvalue weighted by molar-refractivity contribution is 5.88. The number of hydrogen-bond donors (Lipinski definition) is 1. The fourth-order valence-electron chi connectivity index (χ4n) is 1.59. The predicted octanol–water partition coefficient (Wildman–Crippen LogP) is 2.93. The molecule has 0 aliphatic heterocycles. The third-order valence-corrected chi connectivity index (χ3v) is 2.28. The number of furan rings is 1. The summed E-state index contributed by atoms with van der Waals surface area (Å²) >= 11 is 0. The van der Waals surface area contributed by atoms with Crippen molar-refractivity contribution in [3.63, 3.8) is 0 Å². The number of hydrogen-bond acceptors (Lipinski definition) is 3. The van der Waals surface area contributed by atoms with Crippen molar-refractivity contribution in [3.05, 3.63) is 23.7 Å². The van der Waals surface area contributed by atoms with E-state index in [2.05, 4.69) is 13.8 Å². The lowest BCUT2D eigenvalue weighted by Gasteiger charge is -2.14. The Morgan fingerprint density at radius 2 is 2.19 bits per heavy atom. The minimum absolute atomic E-state index is 0.103. The second kappa shape index (κ2) is 5.70. The Morgan fingerprint density at radius 3 is 2.75 bits per heavy atom. The normalized spacial score (nSPS) is 13.0. The summed E-state index contributed by atoms with van der Waals surface area (Å²) in [6, 6.07) is 1.44. The Hall–Kier alpha value is -1.29. The predicted molar refractivity (Wildman–Crippen MR) is 59.4 cm³/mol. The second-order valence-electron chi connectivity index (χ2n) is 4.31. The van der Waals surface area contributed by atoms with Crippen LogP contribution in [0.3, 0.4) is 0 Å². The van der Waals surface area contributed by atoms with Gasteiger partial charge in [0, 0.05) is 0 Å². The van der Waals surface area contributed by atoms with Crippen LogP contribution in [0.25, 0.3) is 0 Å². The van der Waals surface area contributed by atoms with E-state index in [0.29, 0.717) is 11.7 Å². The lowest BCUT2D eigenvalue weighted by molar-refractivity contribution is 0.0290. The van der Waals surface area contributed by atoms with Gasteiger partial charge in [-0.25, -0.2) is 4.79 Å². The standard InChI is InChI=1S/C12H18O4/c1-8(2)6-9(3)16-7-11-10(12(13)14)4-5-15-11/h4-5,8-9H,6-7H2,1-3H3,(H,13,14). The van der Waals surface area contributed by atoms with Gasteiger partial charge in [0.2, 0.25) is 0 Å². The van der Waals surface area contributed by atoms with Crippen LogP contribution in [0.15, 0.2) is 16.7 Å². The molecule has 4 heteroatoms. The monoisotopic (exact) mass is 226 g/mol. The van der Waals surface area contributed by atoms with Crippen LogP contribution in [0.2, 0.25) is 0 Å². The van der Waals surface area contributed by atoms with Gasteiger partial charge in [0.05, 0.1) is 12.4 Å². The molecular weight excluding hydrogens is 208 g/mol. The smallest absolute Gasteiger partial charge is 0.339 e. The third kappa shape index (κ3) is 3.70. The van der Waals surface area contributed by atoms with Crippen molar-refractivity contribution in [2.24, 2.45) is 5.92 Å². The molecule has 16 heavy (non-hydrogen) atoms. The molecule has 0 radical (unpaired) electrons. The summed E-state index contributed by atoms with van der Waals surface area (Å²) in [6.07, 6.45) is 2.42. The average Bonchev–Trinajstić information content (AvgIpc) is 2.61. The molecule has 0 saturated heterocycles. The van der Waals surface area contributed by atoms with Crippen molar-refractivity contribution < 1.29 is 19.1 Å². The van der Waals surface area contributed by atoms with Crippen LogP contribution in [0.1, 0.15) is 43.3 Å². The minimum atomic E-state index is -0.983. The van der Waals surface area contributed by atoms with Crippen molar-refractivity contribution in [2.45, 2.75) is 39.9 Å². The molecular formula is C12H18O4. The highest BCUT2D eigenvalue weighted by Gasteiger charge is 2.14. The van der Waals surface area contributed by atoms with Crippen molar-refractivity contribution >= 4 is 5.97 Å². The van der Waals surface area contributed by atoms with Crippen LogP contribution in [0.5, 0.6) is 0 Å². The summed E-state index contributed by atoms with van der Waals surface area (Å²) in [5, 5.41) is 8.85. The molecule has 0 bridgehead atoms. The number of carboxylic acid groups (broad SMARTS) is 1. The van der Waals surface area contributed by atoms with E-state index in [-0.39, 0.29) is 18.3 Å². The highest BCUT2D eigenvalue weighted by atomic mass is 16.5. The Morgan fingerprint density at radius 1 is 1.50 bits per heavy atom. The van der Waals surface area contributed by atoms with Crippen molar-refractivity contribution in [3.8, 4) is 0 Å². The van der Waals surface area contributed by atoms with Crippen LogP contribution in [-0.2, 0) is 11.3 Å². The van der Waals surface area contributed by atoms with Gasteiger partial charge in [-0.05, 0) is 25.3 Å². The highest BCUT2D eigenvalue weighted by Crippen LogP contribution is 2.15. The quantitative estimate of drug-likeness (QED) is 0.810. The zero-order valence-corrected chi connectivity index (χ0v) is 9.90. The molecule has 1 aromatic rings. The van der Waals surface area contributed by atoms with Gasteiger partial charge in [0.25, 0.3) is 0 Å². The van der Waals surface area contributed by atoms with E-state index in [1.165, 1.54) is 12.3 Å². The van der Waals surface area contributed by atoms with Gasteiger partial charge >= 0.3 is 5.97 Å². The second-order valence-corrected chi connectivity index (χ2v) is 4.31. The lowest BCUT2D eigenvalue weighted by atomic mass is 10.1. The van der Waals surface area contributed by atoms with Gasteiger partial charge < -0.3 is 14.3 Å². The molecule has 0 aromatic carbocycles. The summed E-state index contributed by atoms with van der Waals surface area (Å²) in [4.78, 5) is 10.8. The molecule has 0 fully saturated rings. The number of rotatable bonds is 6. The maximum atomic E-state index is 10.8. The van der Waals surface area contributed by atoms with E-state index in [0.717, 1.165) is 6.42 Å². The van der Waals surface area contributed by atoms with Gasteiger partial charge in [0.1, 0.15) is 17.9 Å². The Labute approximate surface area is 95.2 Å². The maximum absolute atomic E-state index is 10.8. The minimum Gasteiger partial charge on any atom is -0.478 e. The average molecular weight is 226 g/mol. The maximum Gasteiger partial charge on any atom is 0.339 e. The summed E-state index contributed by atoms with van der Waals surface area (Å²) in [6.45, 7) is 6.43. The van der Waals surface area contributed by atoms with Crippen LogP contribution < -0.4 is 0 Å². The SMILES string of the molecule is CC(C)CC(C)OCc1occc1C(=O)O. The van der Waals surface area contributed by atoms with Crippen LogP contribution in [0, 0.1) is 5.92 Å². The van der Waals surface area contributed by atoms with Gasteiger partial charge in [-0.2, -0.15) is 0 Å². The van der Waals surface area contributed by atoms with E-state index in [1.807, 2.05) is 6.92 Å². The molecule has 1 heterocycles. The molecule has 1 rings (SSSR count). The Bertz CT molecular complexity index is 341. The van der Waals surface area contributed by atoms with Crippen molar-refractivity contribution in [2.75, 3.05) is 0 Å². The first-order valence-corrected chi connectivity index (χ1v) is 5.42. The van der Waals surface area contributed by atoms with Gasteiger partial charge in [0.15, 0.2) is 0 Å². The van der Waals surface area contributed by atoms with E-state index in [9.17, 15) is 4.79 Å². The van der Waals surface area contributed by atoms with Gasteiger partial charge in [-0.1, -0.05) is 13.8 Å². The fourth-order valence-corrected chi connectivity index (χ4v) is 1.59. The number of carbonyl (C=O) groups is 1. The molecule has 0 aliphatic carbocycles. The third-order valence-electron chi connectivity index (χ3n) is 2.28. The molecule has 1 atom stereocenters. The largest absolute Gasteiger partial charge is 0.478 e. The first-order chi connectivity index (χ1) is 7.50. The van der Waals surface area contributed by atoms with Gasteiger partial charge in [-0.3, -0.25) is 0 Å². The zero-order valence-electron chi connectivity index (χ0n) is 9.90. The van der Waals surface area contributed by atoms with Crippen LogP contribution in [-0.4, -0.2) is 17.2 Å². The molecule has 0 aliphatic rings. The molecule has 0 amide bonds. The van der Waals surface area contributed by atoms with Crippen LogP contribution >= 0.6 is 0 Å². The van der Waals surface area contributed by atoms with E-state index >= 15 is 0 Å². The van der Waals surface area contributed by atoms with E-state index in [4.69, 9.17) is 14.3 Å². The lowest BCUT2D eigenvalue weighted by Crippen LogP contribution is -2.12. The molecule has 1 unspecified atom stereocenters. The molecule has 90 valence electrons. The summed E-state index contributed by atoms with van der Waals surface area (Å²) < 4.78 is 10.6. The van der Waals surface area contributed by atoms with Gasteiger partial charge in [-0.15, -0.1) is 0 Å². The first-order valence-electron chi connectivity index (χ1n) is 5.42. The summed E-state index contributed by atoms with van der Waals surface area (Å²) in [5.74, 6) is -0.0440. The summed E-state index contributed by atoms with van der Waals surface area (Å²) in [7, 11) is 0. The molecule has 4 nitrogen and oxygen atoms in total. The Balaban J connectivity index is 2.48. The van der Waals surface area contributed by atoms with Crippen molar-refractivity contribution in [1.82, 2.24) is 0 Å². The zero-order chi connectivity index (χ0) is 12.1. The number of ether oxygens (including phenoxy) is 1. The van der Waals surface area contributed by atoms with Crippen molar-refractivity contribution in [1.29, 1.82) is 0 Å². The van der Waals surface area contributed by atoms with E-state index < -0.39 is 5.97 Å². The first kappa shape index (κ1) is 12.8. The molecule has 1 N–H and O–H groups in total. The topological polar surface area (TPSA) is 59.7 Å². The fraction of sp³-hybridized carbons (Fsp3) is 0.583. The molecule has 0 saturated carbocycles. The van der Waals surface area contributed by atoms with Crippen LogP contribution in [0.4, 0.5) is 0 Å². The molecule has 1 aromatic heterocycles. The Kier molecular flexibility index (Phi) is 4.55.